The molecule has 0 bridgehead atoms. The SMILES string of the molecule is CCN(CC)C(=O)[C@H](C)NCCn1cccn1. The van der Waals surface area contributed by atoms with Crippen molar-refractivity contribution in [2.24, 2.45) is 0 Å². The number of carbonyl (C=O) groups excluding carboxylic acids is 1. The van der Waals surface area contributed by atoms with Crippen LogP contribution < -0.4 is 5.32 Å². The van der Waals surface area contributed by atoms with Crippen molar-refractivity contribution in [3.8, 4) is 0 Å². The normalized spacial score (nSPS) is 12.4. The average Bonchev–Trinajstić information content (AvgIpc) is 2.83. The van der Waals surface area contributed by atoms with Crippen LogP contribution in [0.4, 0.5) is 0 Å². The number of amides is 1. The van der Waals surface area contributed by atoms with Crippen molar-refractivity contribution in [3.63, 3.8) is 0 Å². The number of nitrogens with one attached hydrogen (secondary N) is 1. The summed E-state index contributed by atoms with van der Waals surface area (Å²) >= 11 is 0. The molecule has 0 unspecified atom stereocenters. The van der Waals surface area contributed by atoms with Crippen LogP contribution in [0.1, 0.15) is 20.8 Å². The lowest BCUT2D eigenvalue weighted by atomic mass is 10.3. The lowest BCUT2D eigenvalue weighted by molar-refractivity contribution is -0.132. The highest BCUT2D eigenvalue weighted by Gasteiger charge is 2.16. The van der Waals surface area contributed by atoms with E-state index in [-0.39, 0.29) is 11.9 Å². The van der Waals surface area contributed by atoms with Crippen LogP contribution in [0.5, 0.6) is 0 Å². The van der Waals surface area contributed by atoms with Gasteiger partial charge in [0.05, 0.1) is 12.6 Å². The maximum absolute atomic E-state index is 11.9. The van der Waals surface area contributed by atoms with Crippen molar-refractivity contribution in [3.05, 3.63) is 18.5 Å². The zero-order valence-electron chi connectivity index (χ0n) is 10.9. The number of carbonyl (C=O) groups is 1. The van der Waals surface area contributed by atoms with Gasteiger partial charge < -0.3 is 10.2 Å². The maximum atomic E-state index is 11.9. The minimum atomic E-state index is -0.134. The highest BCUT2D eigenvalue weighted by atomic mass is 16.2. The molecule has 1 aromatic heterocycles. The van der Waals surface area contributed by atoms with E-state index in [9.17, 15) is 4.79 Å². The molecule has 1 N–H and O–H groups in total. The molecule has 96 valence electrons. The van der Waals surface area contributed by atoms with E-state index in [1.165, 1.54) is 0 Å². The average molecular weight is 238 g/mol. The van der Waals surface area contributed by atoms with Gasteiger partial charge in [0, 0.05) is 32.0 Å². The number of hydrogen-bond donors (Lipinski definition) is 1. The molecule has 0 saturated heterocycles. The molecule has 1 atom stereocenters. The van der Waals surface area contributed by atoms with Gasteiger partial charge >= 0.3 is 0 Å². The Bertz CT molecular complexity index is 319. The van der Waals surface area contributed by atoms with Crippen molar-refractivity contribution in [2.45, 2.75) is 33.4 Å². The van der Waals surface area contributed by atoms with Crippen LogP contribution in [0.25, 0.3) is 0 Å². The molecule has 17 heavy (non-hydrogen) atoms. The lowest BCUT2D eigenvalue weighted by Gasteiger charge is -2.23. The Morgan fingerprint density at radius 3 is 2.71 bits per heavy atom. The first-order chi connectivity index (χ1) is 8.19. The predicted octanol–water partition coefficient (Wildman–Crippen LogP) is 0.730. The molecule has 1 heterocycles. The summed E-state index contributed by atoms with van der Waals surface area (Å²) in [5.41, 5.74) is 0. The molecule has 0 aromatic carbocycles. The lowest BCUT2D eigenvalue weighted by Crippen LogP contribution is -2.45. The Hall–Kier alpha value is -1.36. The van der Waals surface area contributed by atoms with Crippen LogP contribution >= 0.6 is 0 Å². The maximum Gasteiger partial charge on any atom is 0.239 e. The van der Waals surface area contributed by atoms with Gasteiger partial charge in [-0.15, -0.1) is 0 Å². The second-order valence-electron chi connectivity index (χ2n) is 3.96. The van der Waals surface area contributed by atoms with E-state index in [0.717, 1.165) is 26.2 Å². The molecular formula is C12H22N4O. The standard InChI is InChI=1S/C12H22N4O/c1-4-15(5-2)12(17)11(3)13-8-10-16-9-6-7-14-16/h6-7,9,11,13H,4-5,8,10H2,1-3H3/t11-/m0/s1. The fraction of sp³-hybridized carbons (Fsp3) is 0.667. The van der Waals surface area contributed by atoms with Crippen molar-refractivity contribution < 1.29 is 4.79 Å². The second kappa shape index (κ2) is 7.06. The molecule has 5 heteroatoms. The molecule has 0 spiro atoms. The Kier molecular flexibility index (Phi) is 5.69. The first kappa shape index (κ1) is 13.7. The van der Waals surface area contributed by atoms with E-state index in [2.05, 4.69) is 10.4 Å². The Morgan fingerprint density at radius 2 is 2.18 bits per heavy atom. The number of rotatable bonds is 7. The fourth-order valence-corrected chi connectivity index (χ4v) is 1.72. The summed E-state index contributed by atoms with van der Waals surface area (Å²) in [5.74, 6) is 0.162. The number of nitrogens with zero attached hydrogens (tertiary/aromatic N) is 3. The number of likely N-dealkylation sites (N-methyl/N-ethyl adjacent to an activating group) is 1. The molecule has 1 aromatic rings. The molecule has 5 nitrogen and oxygen atoms in total. The molecule has 1 rings (SSSR count). The third-order valence-corrected chi connectivity index (χ3v) is 2.80. The molecule has 1 amide bonds. The number of hydrogen-bond acceptors (Lipinski definition) is 3. The Morgan fingerprint density at radius 1 is 1.47 bits per heavy atom. The molecule has 0 aliphatic heterocycles. The predicted molar refractivity (Wildman–Crippen MR) is 67.6 cm³/mol. The van der Waals surface area contributed by atoms with Crippen molar-refractivity contribution >= 4 is 5.91 Å². The van der Waals surface area contributed by atoms with Crippen LogP contribution in [-0.4, -0.2) is 46.3 Å². The number of aromatic nitrogens is 2. The highest BCUT2D eigenvalue weighted by Crippen LogP contribution is 1.94. The molecule has 0 saturated carbocycles. The Labute approximate surface area is 103 Å². The van der Waals surface area contributed by atoms with E-state index < -0.39 is 0 Å². The first-order valence-corrected chi connectivity index (χ1v) is 6.18. The zero-order valence-corrected chi connectivity index (χ0v) is 10.9. The van der Waals surface area contributed by atoms with Crippen molar-refractivity contribution in [1.29, 1.82) is 0 Å². The molecule has 0 aliphatic rings. The Balaban J connectivity index is 2.28. The molecule has 0 aliphatic carbocycles. The van der Waals surface area contributed by atoms with Crippen LogP contribution in [0.15, 0.2) is 18.5 Å². The van der Waals surface area contributed by atoms with Gasteiger partial charge in [0.1, 0.15) is 0 Å². The van der Waals surface area contributed by atoms with Gasteiger partial charge in [0.25, 0.3) is 0 Å². The summed E-state index contributed by atoms with van der Waals surface area (Å²) in [4.78, 5) is 13.8. The zero-order chi connectivity index (χ0) is 12.7. The minimum absolute atomic E-state index is 0.134. The van der Waals surface area contributed by atoms with Crippen LogP contribution in [0, 0.1) is 0 Å². The summed E-state index contributed by atoms with van der Waals surface area (Å²) in [5, 5.41) is 7.32. The highest BCUT2D eigenvalue weighted by molar-refractivity contribution is 5.81. The van der Waals surface area contributed by atoms with Crippen LogP contribution in [-0.2, 0) is 11.3 Å². The summed E-state index contributed by atoms with van der Waals surface area (Å²) < 4.78 is 1.85. The third kappa shape index (κ3) is 4.19. The van der Waals surface area contributed by atoms with Gasteiger partial charge in [0.15, 0.2) is 0 Å². The summed E-state index contributed by atoms with van der Waals surface area (Å²) in [6.45, 7) is 8.96. The van der Waals surface area contributed by atoms with E-state index >= 15 is 0 Å². The smallest absolute Gasteiger partial charge is 0.239 e. The van der Waals surface area contributed by atoms with Gasteiger partial charge in [-0.05, 0) is 26.8 Å². The van der Waals surface area contributed by atoms with Gasteiger partial charge in [-0.1, -0.05) is 0 Å². The monoisotopic (exact) mass is 238 g/mol. The summed E-state index contributed by atoms with van der Waals surface area (Å²) in [7, 11) is 0. The van der Waals surface area contributed by atoms with Gasteiger partial charge in [-0.25, -0.2) is 0 Å². The summed E-state index contributed by atoms with van der Waals surface area (Å²) in [6, 6.07) is 1.76. The van der Waals surface area contributed by atoms with Crippen molar-refractivity contribution in [2.75, 3.05) is 19.6 Å². The van der Waals surface area contributed by atoms with Crippen LogP contribution in [0.3, 0.4) is 0 Å². The van der Waals surface area contributed by atoms with E-state index in [0.29, 0.717) is 0 Å². The summed E-state index contributed by atoms with van der Waals surface area (Å²) in [6.07, 6.45) is 3.67. The van der Waals surface area contributed by atoms with Gasteiger partial charge in [-0.3, -0.25) is 9.48 Å². The topological polar surface area (TPSA) is 50.2 Å². The van der Waals surface area contributed by atoms with Crippen LogP contribution in [0.2, 0.25) is 0 Å². The van der Waals surface area contributed by atoms with Gasteiger partial charge in [-0.2, -0.15) is 5.10 Å². The molecule has 0 radical (unpaired) electrons. The minimum Gasteiger partial charge on any atom is -0.342 e. The molecule has 0 fully saturated rings. The first-order valence-electron chi connectivity index (χ1n) is 6.18. The van der Waals surface area contributed by atoms with E-state index in [4.69, 9.17) is 0 Å². The quantitative estimate of drug-likeness (QED) is 0.762. The van der Waals surface area contributed by atoms with Crippen molar-refractivity contribution in [1.82, 2.24) is 20.0 Å². The second-order valence-corrected chi connectivity index (χ2v) is 3.96. The molecular weight excluding hydrogens is 216 g/mol. The van der Waals surface area contributed by atoms with Gasteiger partial charge in [0.2, 0.25) is 5.91 Å². The van der Waals surface area contributed by atoms with E-state index in [1.807, 2.05) is 42.6 Å². The van der Waals surface area contributed by atoms with E-state index in [1.54, 1.807) is 6.20 Å². The fourth-order valence-electron chi connectivity index (χ4n) is 1.72. The largest absolute Gasteiger partial charge is 0.342 e. The third-order valence-electron chi connectivity index (χ3n) is 2.80.